The average molecular weight is 257 g/mol. The molecule has 98 valence electrons. The van der Waals surface area contributed by atoms with Crippen molar-refractivity contribution >= 4 is 5.97 Å². The number of hydrogen-bond donors (Lipinski definition) is 1. The van der Waals surface area contributed by atoms with E-state index in [1.54, 1.807) is 6.07 Å². The first-order valence-electron chi connectivity index (χ1n) is 6.03. The Balaban J connectivity index is 2.24. The Morgan fingerprint density at radius 3 is 2.47 bits per heavy atom. The number of aromatic nitrogens is 1. The van der Waals surface area contributed by atoms with Crippen LogP contribution in [0.4, 0.5) is 0 Å². The first-order valence-corrected chi connectivity index (χ1v) is 6.03. The highest BCUT2D eigenvalue weighted by molar-refractivity contribution is 5.90. The molecule has 1 aromatic heterocycles. The first-order chi connectivity index (χ1) is 9.08. The molecule has 0 unspecified atom stereocenters. The zero-order valence-electron chi connectivity index (χ0n) is 10.8. The largest absolute Gasteiger partial charge is 0.477 e. The van der Waals surface area contributed by atoms with Crippen LogP contribution < -0.4 is 4.74 Å². The Kier molecular flexibility index (Phi) is 3.80. The quantitative estimate of drug-likeness (QED) is 0.907. The maximum atomic E-state index is 11.0. The molecule has 0 aliphatic carbocycles. The summed E-state index contributed by atoms with van der Waals surface area (Å²) in [5, 5.41) is 9.04. The van der Waals surface area contributed by atoms with Crippen molar-refractivity contribution in [2.75, 3.05) is 0 Å². The number of pyridine rings is 1. The van der Waals surface area contributed by atoms with Gasteiger partial charge in [-0.15, -0.1) is 0 Å². The molecule has 0 amide bonds. The van der Waals surface area contributed by atoms with Crippen LogP contribution in [-0.2, 0) is 0 Å². The predicted octanol–water partition coefficient (Wildman–Crippen LogP) is 3.70. The van der Waals surface area contributed by atoms with Gasteiger partial charge in [-0.1, -0.05) is 26.0 Å². The Bertz CT molecular complexity index is 576. The molecule has 0 spiro atoms. The second-order valence-electron chi connectivity index (χ2n) is 4.50. The molecule has 0 radical (unpaired) electrons. The van der Waals surface area contributed by atoms with Gasteiger partial charge in [0.2, 0.25) is 0 Å². The number of rotatable bonds is 4. The SMILES string of the molecule is CC(C)c1ccc(Oc2ccncc2C(=O)O)cc1. The zero-order valence-corrected chi connectivity index (χ0v) is 10.8. The summed E-state index contributed by atoms with van der Waals surface area (Å²) in [7, 11) is 0. The minimum absolute atomic E-state index is 0.0513. The molecule has 0 aliphatic heterocycles. The Morgan fingerprint density at radius 1 is 1.21 bits per heavy atom. The van der Waals surface area contributed by atoms with Crippen molar-refractivity contribution in [2.45, 2.75) is 19.8 Å². The lowest BCUT2D eigenvalue weighted by atomic mass is 10.0. The van der Waals surface area contributed by atoms with Gasteiger partial charge < -0.3 is 9.84 Å². The lowest BCUT2D eigenvalue weighted by Gasteiger charge is -2.10. The highest BCUT2D eigenvalue weighted by atomic mass is 16.5. The van der Waals surface area contributed by atoms with Crippen LogP contribution in [0.1, 0.15) is 35.7 Å². The van der Waals surface area contributed by atoms with E-state index in [0.29, 0.717) is 17.4 Å². The summed E-state index contributed by atoms with van der Waals surface area (Å²) in [5.74, 6) is 0.296. The van der Waals surface area contributed by atoms with E-state index < -0.39 is 5.97 Å². The fraction of sp³-hybridized carbons (Fsp3) is 0.200. The van der Waals surface area contributed by atoms with E-state index in [2.05, 4.69) is 18.8 Å². The molecule has 0 fully saturated rings. The fourth-order valence-corrected chi connectivity index (χ4v) is 1.68. The van der Waals surface area contributed by atoms with Gasteiger partial charge in [-0.05, 0) is 23.6 Å². The molecule has 1 heterocycles. The number of ether oxygens (including phenoxy) is 1. The molecule has 0 saturated heterocycles. The Morgan fingerprint density at radius 2 is 1.89 bits per heavy atom. The highest BCUT2D eigenvalue weighted by Crippen LogP contribution is 2.26. The fourth-order valence-electron chi connectivity index (χ4n) is 1.68. The third kappa shape index (κ3) is 3.10. The summed E-state index contributed by atoms with van der Waals surface area (Å²) in [5.41, 5.74) is 1.26. The molecule has 1 N–H and O–H groups in total. The van der Waals surface area contributed by atoms with Crippen molar-refractivity contribution in [3.8, 4) is 11.5 Å². The summed E-state index contributed by atoms with van der Waals surface area (Å²) in [6.45, 7) is 4.22. The van der Waals surface area contributed by atoms with Crippen LogP contribution in [0.3, 0.4) is 0 Å². The summed E-state index contributed by atoms with van der Waals surface area (Å²) in [4.78, 5) is 14.8. The van der Waals surface area contributed by atoms with Gasteiger partial charge in [0.15, 0.2) is 0 Å². The minimum Gasteiger partial charge on any atom is -0.477 e. The van der Waals surface area contributed by atoms with Crippen LogP contribution in [0.25, 0.3) is 0 Å². The molecule has 4 heteroatoms. The van der Waals surface area contributed by atoms with Crippen molar-refractivity contribution in [2.24, 2.45) is 0 Å². The van der Waals surface area contributed by atoms with Crippen LogP contribution in [0, 0.1) is 0 Å². The molecular weight excluding hydrogens is 242 g/mol. The van der Waals surface area contributed by atoms with Crippen molar-refractivity contribution in [1.29, 1.82) is 0 Å². The van der Waals surface area contributed by atoms with E-state index in [0.717, 1.165) is 0 Å². The topological polar surface area (TPSA) is 59.4 Å². The lowest BCUT2D eigenvalue weighted by Crippen LogP contribution is -2.00. The Hall–Kier alpha value is -2.36. The third-order valence-electron chi connectivity index (χ3n) is 2.79. The molecular formula is C15H15NO3. The second-order valence-corrected chi connectivity index (χ2v) is 4.50. The smallest absolute Gasteiger partial charge is 0.341 e. The van der Waals surface area contributed by atoms with Gasteiger partial charge in [0, 0.05) is 18.5 Å². The van der Waals surface area contributed by atoms with Gasteiger partial charge in [0.25, 0.3) is 0 Å². The molecule has 4 nitrogen and oxygen atoms in total. The summed E-state index contributed by atoms with van der Waals surface area (Å²) >= 11 is 0. The van der Waals surface area contributed by atoms with E-state index in [4.69, 9.17) is 9.84 Å². The van der Waals surface area contributed by atoms with Crippen molar-refractivity contribution in [1.82, 2.24) is 4.98 Å². The van der Waals surface area contributed by atoms with Gasteiger partial charge in [0.1, 0.15) is 17.1 Å². The Labute approximate surface area is 111 Å². The van der Waals surface area contributed by atoms with E-state index >= 15 is 0 Å². The second kappa shape index (κ2) is 5.52. The standard InChI is InChI=1S/C15H15NO3/c1-10(2)11-3-5-12(6-4-11)19-14-7-8-16-9-13(14)15(17)18/h3-10H,1-2H3,(H,17,18). The zero-order chi connectivity index (χ0) is 13.8. The van der Waals surface area contributed by atoms with Gasteiger partial charge in [-0.2, -0.15) is 0 Å². The highest BCUT2D eigenvalue weighted by Gasteiger charge is 2.11. The molecule has 0 bridgehead atoms. The monoisotopic (exact) mass is 257 g/mol. The van der Waals surface area contributed by atoms with Crippen molar-refractivity contribution in [3.05, 3.63) is 53.9 Å². The first kappa shape index (κ1) is 13.1. The summed E-state index contributed by atoms with van der Waals surface area (Å²) < 4.78 is 5.58. The maximum absolute atomic E-state index is 11.0. The number of carboxylic acids is 1. The molecule has 0 aliphatic rings. The van der Waals surface area contributed by atoms with Gasteiger partial charge in [-0.3, -0.25) is 4.98 Å². The van der Waals surface area contributed by atoms with Gasteiger partial charge in [-0.25, -0.2) is 4.79 Å². The van der Waals surface area contributed by atoms with Crippen molar-refractivity contribution in [3.63, 3.8) is 0 Å². The third-order valence-corrected chi connectivity index (χ3v) is 2.79. The molecule has 1 aromatic carbocycles. The molecule has 2 aromatic rings. The van der Waals surface area contributed by atoms with E-state index in [1.807, 2.05) is 24.3 Å². The number of carbonyl (C=O) groups is 1. The van der Waals surface area contributed by atoms with Crippen LogP contribution in [0.2, 0.25) is 0 Å². The van der Waals surface area contributed by atoms with E-state index in [9.17, 15) is 4.79 Å². The predicted molar refractivity (Wildman–Crippen MR) is 71.8 cm³/mol. The molecule has 0 saturated carbocycles. The number of carboxylic acid groups (broad SMARTS) is 1. The lowest BCUT2D eigenvalue weighted by molar-refractivity contribution is 0.0693. The van der Waals surface area contributed by atoms with Gasteiger partial charge in [0.05, 0.1) is 0 Å². The molecule has 2 rings (SSSR count). The van der Waals surface area contributed by atoms with Crippen LogP contribution in [0.5, 0.6) is 11.5 Å². The molecule has 19 heavy (non-hydrogen) atoms. The van der Waals surface area contributed by atoms with E-state index in [-0.39, 0.29) is 5.56 Å². The number of nitrogens with zero attached hydrogens (tertiary/aromatic N) is 1. The van der Waals surface area contributed by atoms with Crippen LogP contribution >= 0.6 is 0 Å². The number of benzene rings is 1. The van der Waals surface area contributed by atoms with E-state index in [1.165, 1.54) is 18.0 Å². The maximum Gasteiger partial charge on any atom is 0.341 e. The summed E-state index contributed by atoms with van der Waals surface area (Å²) in [6, 6.07) is 9.16. The number of aromatic carboxylic acids is 1. The minimum atomic E-state index is -1.05. The van der Waals surface area contributed by atoms with Gasteiger partial charge >= 0.3 is 5.97 Å². The van der Waals surface area contributed by atoms with Crippen LogP contribution in [-0.4, -0.2) is 16.1 Å². The average Bonchev–Trinajstić information content (AvgIpc) is 2.39. The normalized spacial score (nSPS) is 10.5. The summed E-state index contributed by atoms with van der Waals surface area (Å²) in [6.07, 6.45) is 2.78. The number of hydrogen-bond acceptors (Lipinski definition) is 3. The molecule has 0 atom stereocenters. The van der Waals surface area contributed by atoms with Crippen LogP contribution in [0.15, 0.2) is 42.7 Å². The van der Waals surface area contributed by atoms with Crippen molar-refractivity contribution < 1.29 is 14.6 Å².